The minimum absolute atomic E-state index is 0.0545. The molecule has 5 rings (SSSR count). The zero-order valence-electron chi connectivity index (χ0n) is 24.8. The van der Waals surface area contributed by atoms with Crippen LogP contribution in [-0.4, -0.2) is 91.6 Å². The smallest absolute Gasteiger partial charge is 0.338 e. The monoisotopic (exact) mass is 603 g/mol. The summed E-state index contributed by atoms with van der Waals surface area (Å²) < 4.78 is 19.0. The van der Waals surface area contributed by atoms with E-state index in [1.165, 1.54) is 11.0 Å². The van der Waals surface area contributed by atoms with Crippen LogP contribution in [0.2, 0.25) is 0 Å². The molecule has 0 bridgehead atoms. The highest BCUT2D eigenvalue weighted by Crippen LogP contribution is 2.45. The first-order chi connectivity index (χ1) is 21.2. The van der Waals surface area contributed by atoms with Gasteiger partial charge in [0.2, 0.25) is 17.7 Å². The van der Waals surface area contributed by atoms with Crippen LogP contribution in [0.5, 0.6) is 0 Å². The van der Waals surface area contributed by atoms with Gasteiger partial charge in [-0.2, -0.15) is 0 Å². The number of amides is 3. The first-order valence-electron chi connectivity index (χ1n) is 14.7. The Labute approximate surface area is 255 Å². The van der Waals surface area contributed by atoms with Gasteiger partial charge in [-0.1, -0.05) is 36.4 Å². The molecule has 0 radical (unpaired) electrons. The Kier molecular flexibility index (Phi) is 9.58. The van der Waals surface area contributed by atoms with Gasteiger partial charge in [-0.05, 0) is 41.0 Å². The van der Waals surface area contributed by atoms with Crippen molar-refractivity contribution < 1.29 is 38.5 Å². The minimum Gasteiger partial charge on any atom is -0.456 e. The lowest BCUT2D eigenvalue weighted by Gasteiger charge is -2.30. The number of hydrogen-bond acceptors (Lipinski definition) is 8. The number of carbonyl (C=O) groups is 4. The van der Waals surface area contributed by atoms with E-state index < -0.39 is 30.1 Å². The van der Waals surface area contributed by atoms with Crippen molar-refractivity contribution in [1.29, 1.82) is 0 Å². The van der Waals surface area contributed by atoms with E-state index in [-0.39, 0.29) is 50.3 Å². The highest BCUT2D eigenvalue weighted by Gasteiger charge is 2.55. The molecule has 232 valence electrons. The summed E-state index contributed by atoms with van der Waals surface area (Å²) >= 11 is 0. The Bertz CT molecular complexity index is 1440. The fourth-order valence-corrected chi connectivity index (χ4v) is 5.60. The van der Waals surface area contributed by atoms with Gasteiger partial charge in [0.15, 0.2) is 5.79 Å². The van der Waals surface area contributed by atoms with Crippen LogP contribution in [0.3, 0.4) is 0 Å². The van der Waals surface area contributed by atoms with Crippen LogP contribution in [0.1, 0.15) is 39.9 Å². The standard InChI is InChI=1S/C33H37N3O8/c1-36(2)29(39)12-9-21-7-10-22(11-8-21)32(41)42-26-17-25(31(40)35-14-13-28(38)34-15-16-37)18-27-30(26)44-33(43-27)19-23-5-3-4-6-24(23)20-33/h3-12,18,26-27,30,37H,13-17,19-20H2,1-2H3,(H,34,38)(H,35,40)/t26-,27-,30+/m1/s1. The van der Waals surface area contributed by atoms with Crippen LogP contribution in [0.15, 0.2) is 66.3 Å². The quantitative estimate of drug-likeness (QED) is 0.274. The van der Waals surface area contributed by atoms with E-state index >= 15 is 0 Å². The van der Waals surface area contributed by atoms with E-state index in [0.29, 0.717) is 24.0 Å². The second kappa shape index (κ2) is 13.5. The van der Waals surface area contributed by atoms with Crippen LogP contribution < -0.4 is 10.6 Å². The van der Waals surface area contributed by atoms with Gasteiger partial charge in [-0.3, -0.25) is 14.4 Å². The third kappa shape index (κ3) is 7.24. The zero-order valence-corrected chi connectivity index (χ0v) is 24.8. The molecule has 1 spiro atoms. The predicted molar refractivity (Wildman–Crippen MR) is 160 cm³/mol. The van der Waals surface area contributed by atoms with E-state index in [4.69, 9.17) is 19.3 Å². The summed E-state index contributed by atoms with van der Waals surface area (Å²) in [6.45, 7) is 0.0807. The molecule has 2 aromatic carbocycles. The molecule has 0 aromatic heterocycles. The average Bonchev–Trinajstić information content (AvgIpc) is 3.56. The van der Waals surface area contributed by atoms with Gasteiger partial charge in [0, 0.05) is 64.5 Å². The van der Waals surface area contributed by atoms with Gasteiger partial charge >= 0.3 is 5.97 Å². The van der Waals surface area contributed by atoms with Gasteiger partial charge in [0.25, 0.3) is 0 Å². The lowest BCUT2D eigenvalue weighted by Crippen LogP contribution is -2.44. The third-order valence-electron chi connectivity index (χ3n) is 7.84. The number of rotatable bonds is 10. The van der Waals surface area contributed by atoms with Crippen LogP contribution in [-0.2, 0) is 41.4 Å². The fourth-order valence-electron chi connectivity index (χ4n) is 5.60. The maximum Gasteiger partial charge on any atom is 0.338 e. The van der Waals surface area contributed by atoms with E-state index in [2.05, 4.69) is 10.6 Å². The zero-order chi connectivity index (χ0) is 31.3. The van der Waals surface area contributed by atoms with Gasteiger partial charge < -0.3 is 34.9 Å². The maximum atomic E-state index is 13.3. The third-order valence-corrected chi connectivity index (χ3v) is 7.84. The summed E-state index contributed by atoms with van der Waals surface area (Å²) in [5.41, 5.74) is 3.69. The predicted octanol–water partition coefficient (Wildman–Crippen LogP) is 1.54. The second-order valence-electron chi connectivity index (χ2n) is 11.3. The number of fused-ring (bicyclic) bond motifs is 2. The number of hydrogen-bond donors (Lipinski definition) is 3. The Morgan fingerprint density at radius 1 is 1.00 bits per heavy atom. The number of likely N-dealkylation sites (N-methyl/N-ethyl adjacent to an activating group) is 1. The first kappa shape index (κ1) is 31.1. The first-order valence-corrected chi connectivity index (χ1v) is 14.7. The molecule has 1 saturated heterocycles. The van der Waals surface area contributed by atoms with Crippen molar-refractivity contribution in [3.05, 3.63) is 88.5 Å². The van der Waals surface area contributed by atoms with Crippen molar-refractivity contribution in [3.63, 3.8) is 0 Å². The lowest BCUT2D eigenvalue weighted by molar-refractivity contribution is -0.172. The molecular weight excluding hydrogens is 566 g/mol. The summed E-state index contributed by atoms with van der Waals surface area (Å²) in [6, 6.07) is 14.7. The highest BCUT2D eigenvalue weighted by molar-refractivity contribution is 5.95. The molecule has 3 atom stereocenters. The van der Waals surface area contributed by atoms with Gasteiger partial charge in [-0.25, -0.2) is 4.79 Å². The number of ether oxygens (including phenoxy) is 3. The SMILES string of the molecule is CN(C)C(=O)C=Cc1ccc(C(=O)O[C@@H]2CC(C(=O)NCCC(=O)NCCO)=C[C@H]3OC4(Cc5ccccc5C4)O[C@H]32)cc1. The van der Waals surface area contributed by atoms with Crippen LogP contribution in [0, 0.1) is 0 Å². The highest BCUT2D eigenvalue weighted by atomic mass is 16.8. The molecule has 44 heavy (non-hydrogen) atoms. The molecule has 1 heterocycles. The van der Waals surface area contributed by atoms with Crippen molar-refractivity contribution >= 4 is 29.8 Å². The Morgan fingerprint density at radius 3 is 2.36 bits per heavy atom. The van der Waals surface area contributed by atoms with E-state index in [1.807, 2.05) is 24.3 Å². The van der Waals surface area contributed by atoms with E-state index in [1.54, 1.807) is 50.5 Å². The second-order valence-corrected chi connectivity index (χ2v) is 11.3. The molecule has 11 nitrogen and oxygen atoms in total. The molecule has 1 fully saturated rings. The van der Waals surface area contributed by atoms with Crippen molar-refractivity contribution in [2.24, 2.45) is 0 Å². The molecule has 11 heteroatoms. The van der Waals surface area contributed by atoms with Gasteiger partial charge in [0.1, 0.15) is 18.3 Å². The largest absolute Gasteiger partial charge is 0.456 e. The number of nitrogens with zero attached hydrogens (tertiary/aromatic N) is 1. The minimum atomic E-state index is -0.922. The number of esters is 1. The van der Waals surface area contributed by atoms with Crippen LogP contribution >= 0.6 is 0 Å². The van der Waals surface area contributed by atoms with Crippen molar-refractivity contribution in [1.82, 2.24) is 15.5 Å². The van der Waals surface area contributed by atoms with Gasteiger partial charge in [-0.15, -0.1) is 0 Å². The normalized spacial score (nSPS) is 21.3. The molecular formula is C33H37N3O8. The lowest BCUT2D eigenvalue weighted by atomic mass is 9.91. The Balaban J connectivity index is 1.29. The Hall–Kier alpha value is -4.32. The molecule has 2 aliphatic carbocycles. The summed E-state index contributed by atoms with van der Waals surface area (Å²) in [4.78, 5) is 51.6. The van der Waals surface area contributed by atoms with E-state index in [9.17, 15) is 19.2 Å². The summed E-state index contributed by atoms with van der Waals surface area (Å²) in [6.07, 6.45) is 4.05. The molecule has 1 aliphatic heterocycles. The van der Waals surface area contributed by atoms with Gasteiger partial charge in [0.05, 0.1) is 12.2 Å². The maximum absolute atomic E-state index is 13.3. The number of carbonyl (C=O) groups excluding carboxylic acids is 4. The topological polar surface area (TPSA) is 144 Å². The van der Waals surface area contributed by atoms with Crippen LogP contribution in [0.4, 0.5) is 0 Å². The van der Waals surface area contributed by atoms with Crippen LogP contribution in [0.25, 0.3) is 6.08 Å². The molecule has 0 unspecified atom stereocenters. The molecule has 2 aromatic rings. The average molecular weight is 604 g/mol. The number of benzene rings is 2. The number of aliphatic hydroxyl groups excluding tert-OH is 1. The molecule has 3 N–H and O–H groups in total. The summed E-state index contributed by atoms with van der Waals surface area (Å²) in [5.74, 6) is -2.32. The molecule has 0 saturated carbocycles. The molecule has 3 amide bonds. The fraction of sp³-hybridized carbons (Fsp3) is 0.394. The van der Waals surface area contributed by atoms with E-state index in [0.717, 1.165) is 16.7 Å². The van der Waals surface area contributed by atoms with Crippen molar-refractivity contribution in [2.75, 3.05) is 33.8 Å². The van der Waals surface area contributed by atoms with Crippen molar-refractivity contribution in [3.8, 4) is 0 Å². The van der Waals surface area contributed by atoms with Crippen molar-refractivity contribution in [2.45, 2.75) is 49.8 Å². The summed E-state index contributed by atoms with van der Waals surface area (Å²) in [5, 5.41) is 14.2. The summed E-state index contributed by atoms with van der Waals surface area (Å²) in [7, 11) is 3.33. The number of nitrogens with one attached hydrogen (secondary N) is 2. The Morgan fingerprint density at radius 2 is 1.70 bits per heavy atom. The number of aliphatic hydroxyl groups is 1. The molecule has 3 aliphatic rings.